The van der Waals surface area contributed by atoms with Crippen LogP contribution in [0.4, 0.5) is 0 Å². The Morgan fingerprint density at radius 3 is 2.86 bits per heavy atom. The third-order valence-electron chi connectivity index (χ3n) is 5.23. The number of morpholine rings is 1. The number of hydrogen-bond donors (Lipinski definition) is 1. The fraction of sp³-hybridized carbons (Fsp3) is 0.429. The highest BCUT2D eigenvalue weighted by molar-refractivity contribution is 5.93. The first-order valence-corrected chi connectivity index (χ1v) is 9.98. The van der Waals surface area contributed by atoms with Gasteiger partial charge in [-0.1, -0.05) is 30.3 Å². The molecule has 3 heterocycles. The maximum Gasteiger partial charge on any atom is 0.273 e. The van der Waals surface area contributed by atoms with E-state index < -0.39 is 0 Å². The van der Waals surface area contributed by atoms with E-state index in [1.165, 1.54) is 0 Å². The van der Waals surface area contributed by atoms with E-state index in [-0.39, 0.29) is 5.91 Å². The maximum absolute atomic E-state index is 12.7. The van der Waals surface area contributed by atoms with Gasteiger partial charge in [0, 0.05) is 37.8 Å². The van der Waals surface area contributed by atoms with Crippen molar-refractivity contribution in [3.63, 3.8) is 0 Å². The van der Waals surface area contributed by atoms with Gasteiger partial charge in [0.1, 0.15) is 0 Å². The quantitative estimate of drug-likeness (QED) is 0.687. The van der Waals surface area contributed by atoms with Gasteiger partial charge in [0.2, 0.25) is 0 Å². The molecule has 1 aliphatic heterocycles. The second-order valence-electron chi connectivity index (χ2n) is 7.52. The molecule has 1 amide bonds. The number of carbonyl (C=O) groups excluding carboxylic acids is 1. The van der Waals surface area contributed by atoms with Crippen molar-refractivity contribution in [3.05, 3.63) is 47.9 Å². The molecule has 4 rings (SSSR count). The molecule has 1 fully saturated rings. The number of pyridine rings is 1. The zero-order valence-electron chi connectivity index (χ0n) is 16.8. The molecule has 1 aromatic carbocycles. The second-order valence-corrected chi connectivity index (χ2v) is 7.52. The summed E-state index contributed by atoms with van der Waals surface area (Å²) < 4.78 is 7.06. The van der Waals surface area contributed by atoms with E-state index in [4.69, 9.17) is 4.74 Å². The molecule has 0 bridgehead atoms. The molecule has 1 N–H and O–H groups in total. The molecular formula is C21H26N6O2. The molecule has 1 atom stereocenters. The third kappa shape index (κ3) is 4.28. The molecule has 29 heavy (non-hydrogen) atoms. The molecular weight excluding hydrogens is 368 g/mol. The Labute approximate surface area is 169 Å². The van der Waals surface area contributed by atoms with E-state index in [1.54, 1.807) is 10.9 Å². The first kappa shape index (κ1) is 19.5. The lowest BCUT2D eigenvalue weighted by atomic mass is 10.1. The number of fused-ring (bicyclic) bond motifs is 1. The van der Waals surface area contributed by atoms with E-state index in [0.29, 0.717) is 23.9 Å². The summed E-state index contributed by atoms with van der Waals surface area (Å²) in [5.41, 5.74) is 2.68. The Kier molecular flexibility index (Phi) is 5.82. The van der Waals surface area contributed by atoms with E-state index >= 15 is 0 Å². The molecule has 152 valence electrons. The molecule has 3 aromatic rings. The largest absolute Gasteiger partial charge is 0.379 e. The van der Waals surface area contributed by atoms with Gasteiger partial charge in [0.25, 0.3) is 5.91 Å². The van der Waals surface area contributed by atoms with Crippen LogP contribution in [0.5, 0.6) is 0 Å². The highest BCUT2D eigenvalue weighted by Crippen LogP contribution is 2.21. The van der Waals surface area contributed by atoms with Gasteiger partial charge in [-0.3, -0.25) is 14.7 Å². The summed E-state index contributed by atoms with van der Waals surface area (Å²) in [7, 11) is 0. The second kappa shape index (κ2) is 8.67. The average molecular weight is 394 g/mol. The van der Waals surface area contributed by atoms with Gasteiger partial charge in [0.05, 0.1) is 30.1 Å². The maximum atomic E-state index is 12.7. The number of para-hydroxylation sites is 1. The van der Waals surface area contributed by atoms with Crippen LogP contribution in [-0.2, 0) is 4.74 Å². The van der Waals surface area contributed by atoms with E-state index in [2.05, 4.69) is 32.4 Å². The molecule has 0 radical (unpaired) electrons. The predicted molar refractivity (Wildman–Crippen MR) is 110 cm³/mol. The minimum atomic E-state index is -0.198. The van der Waals surface area contributed by atoms with Crippen LogP contribution in [0, 0.1) is 12.8 Å². The number of benzene rings is 1. The van der Waals surface area contributed by atoms with Gasteiger partial charge < -0.3 is 10.1 Å². The SMILES string of the molecule is Cc1c(C(=O)NC[C@H](C)CN2CCOCC2)nnn1-c1cccc2cccnc12. The van der Waals surface area contributed by atoms with Gasteiger partial charge in [-0.25, -0.2) is 4.68 Å². The van der Waals surface area contributed by atoms with E-state index in [1.807, 2.05) is 37.3 Å². The number of carbonyl (C=O) groups is 1. The molecule has 0 unspecified atom stereocenters. The number of nitrogens with zero attached hydrogens (tertiary/aromatic N) is 5. The zero-order chi connectivity index (χ0) is 20.2. The Morgan fingerprint density at radius 1 is 1.24 bits per heavy atom. The molecule has 0 spiro atoms. The lowest BCUT2D eigenvalue weighted by Gasteiger charge is -2.29. The number of amides is 1. The molecule has 0 saturated carbocycles. The van der Waals surface area contributed by atoms with Gasteiger partial charge >= 0.3 is 0 Å². The van der Waals surface area contributed by atoms with Gasteiger partial charge in [-0.2, -0.15) is 0 Å². The molecule has 0 aliphatic carbocycles. The number of rotatable bonds is 6. The molecule has 1 saturated heterocycles. The third-order valence-corrected chi connectivity index (χ3v) is 5.23. The van der Waals surface area contributed by atoms with Crippen molar-refractivity contribution < 1.29 is 9.53 Å². The Hall–Kier alpha value is -2.84. The summed E-state index contributed by atoms with van der Waals surface area (Å²) in [6.07, 6.45) is 1.75. The first-order chi connectivity index (χ1) is 14.1. The van der Waals surface area contributed by atoms with Gasteiger partial charge in [-0.15, -0.1) is 5.10 Å². The number of nitrogens with one attached hydrogen (secondary N) is 1. The van der Waals surface area contributed by atoms with Crippen LogP contribution in [0.1, 0.15) is 23.1 Å². The number of ether oxygens (including phenoxy) is 1. The van der Waals surface area contributed by atoms with Crippen LogP contribution in [-0.4, -0.2) is 70.2 Å². The minimum Gasteiger partial charge on any atom is -0.379 e. The smallest absolute Gasteiger partial charge is 0.273 e. The van der Waals surface area contributed by atoms with Crippen LogP contribution in [0.15, 0.2) is 36.5 Å². The monoisotopic (exact) mass is 394 g/mol. The lowest BCUT2D eigenvalue weighted by molar-refractivity contribution is 0.0317. The minimum absolute atomic E-state index is 0.198. The summed E-state index contributed by atoms with van der Waals surface area (Å²) >= 11 is 0. The summed E-state index contributed by atoms with van der Waals surface area (Å²) in [6, 6.07) is 9.79. The standard InChI is InChI=1S/C21H26N6O2/c1-15(14-26-9-11-29-12-10-26)13-23-21(28)19-16(2)27(25-24-19)18-7-3-5-17-6-4-8-22-20(17)18/h3-8,15H,9-14H2,1-2H3,(H,23,28)/t15-/m0/s1. The van der Waals surface area contributed by atoms with Crippen LogP contribution in [0.2, 0.25) is 0 Å². The van der Waals surface area contributed by atoms with Gasteiger partial charge in [-0.05, 0) is 25.0 Å². The predicted octanol–water partition coefficient (Wildman–Crippen LogP) is 1.82. The summed E-state index contributed by atoms with van der Waals surface area (Å²) in [5.74, 6) is 0.144. The van der Waals surface area contributed by atoms with Crippen LogP contribution in [0.3, 0.4) is 0 Å². The molecule has 1 aliphatic rings. The Balaban J connectivity index is 1.44. The Bertz CT molecular complexity index is 991. The summed E-state index contributed by atoms with van der Waals surface area (Å²) in [4.78, 5) is 19.5. The number of aromatic nitrogens is 4. The fourth-order valence-corrected chi connectivity index (χ4v) is 3.67. The summed E-state index contributed by atoms with van der Waals surface area (Å²) in [6.45, 7) is 8.99. The van der Waals surface area contributed by atoms with Crippen molar-refractivity contribution in [2.24, 2.45) is 5.92 Å². The topological polar surface area (TPSA) is 85.2 Å². The van der Waals surface area contributed by atoms with E-state index in [0.717, 1.165) is 49.4 Å². The van der Waals surface area contributed by atoms with Crippen LogP contribution >= 0.6 is 0 Å². The Morgan fingerprint density at radius 2 is 2.03 bits per heavy atom. The fourth-order valence-electron chi connectivity index (χ4n) is 3.67. The molecule has 2 aromatic heterocycles. The highest BCUT2D eigenvalue weighted by Gasteiger charge is 2.20. The first-order valence-electron chi connectivity index (χ1n) is 9.98. The molecule has 8 heteroatoms. The van der Waals surface area contributed by atoms with Crippen LogP contribution in [0.25, 0.3) is 16.6 Å². The number of hydrogen-bond acceptors (Lipinski definition) is 6. The average Bonchev–Trinajstić information content (AvgIpc) is 3.13. The van der Waals surface area contributed by atoms with Crippen molar-refractivity contribution in [3.8, 4) is 5.69 Å². The van der Waals surface area contributed by atoms with Gasteiger partial charge in [0.15, 0.2) is 5.69 Å². The van der Waals surface area contributed by atoms with Crippen molar-refractivity contribution in [2.45, 2.75) is 13.8 Å². The van der Waals surface area contributed by atoms with Crippen molar-refractivity contribution in [1.82, 2.24) is 30.2 Å². The normalized spacial score (nSPS) is 16.1. The van der Waals surface area contributed by atoms with Crippen molar-refractivity contribution in [2.75, 3.05) is 39.4 Å². The van der Waals surface area contributed by atoms with E-state index in [9.17, 15) is 4.79 Å². The highest BCUT2D eigenvalue weighted by atomic mass is 16.5. The molecule has 8 nitrogen and oxygen atoms in total. The zero-order valence-corrected chi connectivity index (χ0v) is 16.8. The van der Waals surface area contributed by atoms with Crippen molar-refractivity contribution in [1.29, 1.82) is 0 Å². The lowest BCUT2D eigenvalue weighted by Crippen LogP contribution is -2.41. The van der Waals surface area contributed by atoms with Crippen LogP contribution < -0.4 is 5.32 Å². The van der Waals surface area contributed by atoms with Crippen molar-refractivity contribution >= 4 is 16.8 Å². The summed E-state index contributed by atoms with van der Waals surface area (Å²) in [5, 5.41) is 12.4.